The maximum atomic E-state index is 11.8. The van der Waals surface area contributed by atoms with Crippen LogP contribution in [0.2, 0.25) is 0 Å². The second kappa shape index (κ2) is 5.86. The molecule has 0 N–H and O–H groups in total. The maximum Gasteiger partial charge on any atom is 0.309 e. The molecule has 104 valence electrons. The predicted octanol–water partition coefficient (Wildman–Crippen LogP) is 2.50. The number of hydrogen-bond donors (Lipinski definition) is 0. The Kier molecular flexibility index (Phi) is 3.76. The highest BCUT2D eigenvalue weighted by molar-refractivity contribution is 5.72. The fourth-order valence-corrected chi connectivity index (χ4v) is 2.47. The smallest absolute Gasteiger partial charge is 0.309 e. The quantitative estimate of drug-likeness (QED) is 0.802. The number of aromatic nitrogens is 3. The number of nitrogens with zero attached hydrogens (tertiary/aromatic N) is 3. The minimum Gasteiger partial charge on any atom is -0.459 e. The summed E-state index contributed by atoms with van der Waals surface area (Å²) in [4.78, 5) is 13.4. The second-order valence-corrected chi connectivity index (χ2v) is 5.05. The van der Waals surface area contributed by atoms with Gasteiger partial charge in [-0.1, -0.05) is 31.0 Å². The van der Waals surface area contributed by atoms with Crippen LogP contribution in [0.4, 0.5) is 0 Å². The number of rotatable bonds is 4. The van der Waals surface area contributed by atoms with Crippen LogP contribution in [0.1, 0.15) is 31.4 Å². The second-order valence-electron chi connectivity index (χ2n) is 5.05. The first kappa shape index (κ1) is 12.8. The zero-order chi connectivity index (χ0) is 13.8. The van der Waals surface area contributed by atoms with E-state index in [0.29, 0.717) is 5.69 Å². The third-order valence-corrected chi connectivity index (χ3v) is 3.58. The normalized spacial score (nSPS) is 15.4. The Balaban J connectivity index is 1.59. The number of carbonyl (C=O) groups is 1. The zero-order valence-corrected chi connectivity index (χ0v) is 11.2. The van der Waals surface area contributed by atoms with E-state index in [2.05, 4.69) is 10.2 Å². The number of para-hydroxylation sites is 1. The SMILES string of the molecule is O=C(OCc1cnn(-c2ccccc2)n1)C1CCCC1. The lowest BCUT2D eigenvalue weighted by Gasteiger charge is -2.07. The molecule has 1 fully saturated rings. The van der Waals surface area contributed by atoms with Crippen LogP contribution in [-0.4, -0.2) is 21.0 Å². The van der Waals surface area contributed by atoms with Gasteiger partial charge < -0.3 is 4.74 Å². The van der Waals surface area contributed by atoms with Crippen molar-refractivity contribution in [2.45, 2.75) is 32.3 Å². The third-order valence-electron chi connectivity index (χ3n) is 3.58. The molecule has 1 heterocycles. The molecule has 0 aliphatic heterocycles. The Hall–Kier alpha value is -2.17. The fraction of sp³-hybridized carbons (Fsp3) is 0.400. The topological polar surface area (TPSA) is 57.0 Å². The lowest BCUT2D eigenvalue weighted by Crippen LogP contribution is -2.14. The maximum absolute atomic E-state index is 11.8. The minimum atomic E-state index is -0.100. The van der Waals surface area contributed by atoms with Gasteiger partial charge >= 0.3 is 5.97 Å². The van der Waals surface area contributed by atoms with Gasteiger partial charge in [0.15, 0.2) is 0 Å². The first-order chi connectivity index (χ1) is 9.83. The molecular formula is C15H17N3O2. The van der Waals surface area contributed by atoms with Gasteiger partial charge in [-0.2, -0.15) is 9.90 Å². The van der Waals surface area contributed by atoms with Crippen molar-refractivity contribution in [3.63, 3.8) is 0 Å². The highest BCUT2D eigenvalue weighted by Gasteiger charge is 2.24. The van der Waals surface area contributed by atoms with E-state index >= 15 is 0 Å². The lowest BCUT2D eigenvalue weighted by atomic mass is 10.1. The molecule has 2 aromatic rings. The van der Waals surface area contributed by atoms with Crippen molar-refractivity contribution < 1.29 is 9.53 Å². The predicted molar refractivity (Wildman–Crippen MR) is 73.1 cm³/mol. The molecule has 5 heteroatoms. The highest BCUT2D eigenvalue weighted by Crippen LogP contribution is 2.25. The summed E-state index contributed by atoms with van der Waals surface area (Å²) < 4.78 is 5.31. The number of carbonyl (C=O) groups excluding carboxylic acids is 1. The van der Waals surface area contributed by atoms with E-state index in [1.54, 1.807) is 11.0 Å². The largest absolute Gasteiger partial charge is 0.459 e. The van der Waals surface area contributed by atoms with Gasteiger partial charge in [0.2, 0.25) is 0 Å². The number of hydrogen-bond acceptors (Lipinski definition) is 4. The molecule has 0 amide bonds. The van der Waals surface area contributed by atoms with E-state index in [-0.39, 0.29) is 18.5 Å². The molecule has 1 saturated carbocycles. The van der Waals surface area contributed by atoms with Gasteiger partial charge in [0.25, 0.3) is 0 Å². The number of benzene rings is 1. The summed E-state index contributed by atoms with van der Waals surface area (Å²) in [5, 5.41) is 8.48. The number of esters is 1. The molecule has 20 heavy (non-hydrogen) atoms. The van der Waals surface area contributed by atoms with E-state index < -0.39 is 0 Å². The summed E-state index contributed by atoms with van der Waals surface area (Å²) in [5.41, 5.74) is 1.56. The molecule has 5 nitrogen and oxygen atoms in total. The number of ether oxygens (including phenoxy) is 1. The van der Waals surface area contributed by atoms with Gasteiger partial charge in [0.05, 0.1) is 17.8 Å². The molecule has 0 spiro atoms. The molecule has 0 radical (unpaired) electrons. The van der Waals surface area contributed by atoms with Gasteiger partial charge in [-0.25, -0.2) is 0 Å². The van der Waals surface area contributed by atoms with E-state index in [1.807, 2.05) is 30.3 Å². The van der Waals surface area contributed by atoms with Crippen LogP contribution in [0, 0.1) is 5.92 Å². The fourth-order valence-electron chi connectivity index (χ4n) is 2.47. The van der Waals surface area contributed by atoms with Crippen LogP contribution < -0.4 is 0 Å². The molecule has 3 rings (SSSR count). The standard InChI is InChI=1S/C15H17N3O2/c19-15(12-6-4-5-7-12)20-11-13-10-16-18(17-13)14-8-2-1-3-9-14/h1-3,8-10,12H,4-7,11H2. The third kappa shape index (κ3) is 2.87. The summed E-state index contributed by atoms with van der Waals surface area (Å²) in [6, 6.07) is 9.65. The van der Waals surface area contributed by atoms with Crippen LogP contribution >= 0.6 is 0 Å². The first-order valence-corrected chi connectivity index (χ1v) is 6.96. The van der Waals surface area contributed by atoms with Crippen molar-refractivity contribution in [1.29, 1.82) is 0 Å². The Morgan fingerprint density at radius 3 is 2.75 bits per heavy atom. The highest BCUT2D eigenvalue weighted by atomic mass is 16.5. The molecule has 0 bridgehead atoms. The van der Waals surface area contributed by atoms with Crippen molar-refractivity contribution >= 4 is 5.97 Å². The Bertz CT molecular complexity index is 574. The Labute approximate surface area is 117 Å². The van der Waals surface area contributed by atoms with Crippen LogP contribution in [0.15, 0.2) is 36.5 Å². The van der Waals surface area contributed by atoms with Crippen LogP contribution in [0.3, 0.4) is 0 Å². The van der Waals surface area contributed by atoms with Crippen molar-refractivity contribution in [1.82, 2.24) is 15.0 Å². The molecule has 1 aromatic carbocycles. The van der Waals surface area contributed by atoms with Crippen molar-refractivity contribution in [2.75, 3.05) is 0 Å². The zero-order valence-electron chi connectivity index (χ0n) is 11.2. The van der Waals surface area contributed by atoms with Crippen LogP contribution in [0.5, 0.6) is 0 Å². The lowest BCUT2D eigenvalue weighted by molar-refractivity contribution is -0.149. The van der Waals surface area contributed by atoms with E-state index in [4.69, 9.17) is 4.74 Å². The van der Waals surface area contributed by atoms with Crippen molar-refractivity contribution in [3.8, 4) is 5.69 Å². The minimum absolute atomic E-state index is 0.0826. The summed E-state index contributed by atoms with van der Waals surface area (Å²) in [6.45, 7) is 0.197. The van der Waals surface area contributed by atoms with Gasteiger partial charge in [0.1, 0.15) is 12.3 Å². The van der Waals surface area contributed by atoms with E-state index in [1.165, 1.54) is 0 Å². The molecular weight excluding hydrogens is 254 g/mol. The summed E-state index contributed by atoms with van der Waals surface area (Å²) in [6.07, 6.45) is 5.80. The first-order valence-electron chi connectivity index (χ1n) is 6.96. The average Bonchev–Trinajstić information content (AvgIpc) is 3.17. The van der Waals surface area contributed by atoms with Crippen LogP contribution in [-0.2, 0) is 16.1 Å². The molecule has 1 aliphatic carbocycles. The van der Waals surface area contributed by atoms with Crippen molar-refractivity contribution in [2.24, 2.45) is 5.92 Å². The van der Waals surface area contributed by atoms with Crippen molar-refractivity contribution in [3.05, 3.63) is 42.2 Å². The average molecular weight is 271 g/mol. The van der Waals surface area contributed by atoms with Gasteiger partial charge in [0, 0.05) is 0 Å². The van der Waals surface area contributed by atoms with Gasteiger partial charge in [-0.05, 0) is 25.0 Å². The summed E-state index contributed by atoms with van der Waals surface area (Å²) in [7, 11) is 0. The molecule has 1 aliphatic rings. The molecule has 0 unspecified atom stereocenters. The Morgan fingerprint density at radius 2 is 2.00 bits per heavy atom. The molecule has 0 saturated heterocycles. The monoisotopic (exact) mass is 271 g/mol. The summed E-state index contributed by atoms with van der Waals surface area (Å²) >= 11 is 0. The van der Waals surface area contributed by atoms with E-state index in [0.717, 1.165) is 31.4 Å². The van der Waals surface area contributed by atoms with Gasteiger partial charge in [-0.3, -0.25) is 4.79 Å². The Morgan fingerprint density at radius 1 is 1.25 bits per heavy atom. The van der Waals surface area contributed by atoms with E-state index in [9.17, 15) is 4.79 Å². The molecule has 1 aromatic heterocycles. The van der Waals surface area contributed by atoms with Crippen LogP contribution in [0.25, 0.3) is 5.69 Å². The summed E-state index contributed by atoms with van der Waals surface area (Å²) in [5.74, 6) is -0.0177. The van der Waals surface area contributed by atoms with Gasteiger partial charge in [-0.15, -0.1) is 5.10 Å². The molecule has 0 atom stereocenters.